The highest BCUT2D eigenvalue weighted by Crippen LogP contribution is 2.39. The highest BCUT2D eigenvalue weighted by molar-refractivity contribution is 5.85. The molecule has 128 valence electrons. The zero-order valence-electron chi connectivity index (χ0n) is 15.1. The molecule has 2 fully saturated rings. The maximum absolute atomic E-state index is 12.4. The Morgan fingerprint density at radius 3 is 2.50 bits per heavy atom. The summed E-state index contributed by atoms with van der Waals surface area (Å²) >= 11 is 0. The minimum absolute atomic E-state index is 0.121. The molecule has 1 spiro atoms. The average molecular weight is 310 g/mol. The van der Waals surface area contributed by atoms with Crippen molar-refractivity contribution in [2.75, 3.05) is 19.6 Å². The summed E-state index contributed by atoms with van der Waals surface area (Å²) in [5.41, 5.74) is -0.796. The van der Waals surface area contributed by atoms with Gasteiger partial charge in [0, 0.05) is 19.1 Å². The van der Waals surface area contributed by atoms with Crippen LogP contribution in [0.25, 0.3) is 0 Å². The SMILES string of the molecule is CCN1CC2(CCC(NCCC(C)C)CC2)OC(C)(C)C1=O. The largest absolute Gasteiger partial charge is 0.357 e. The van der Waals surface area contributed by atoms with E-state index in [1.165, 1.54) is 6.42 Å². The first-order valence-electron chi connectivity index (χ1n) is 9.01. The molecular weight excluding hydrogens is 276 g/mol. The first kappa shape index (κ1) is 17.7. The third-order valence-corrected chi connectivity index (χ3v) is 5.19. The fourth-order valence-electron chi connectivity index (χ4n) is 3.86. The van der Waals surface area contributed by atoms with Crippen molar-refractivity contribution in [3.05, 3.63) is 0 Å². The third kappa shape index (κ3) is 4.02. The van der Waals surface area contributed by atoms with Crippen LogP contribution in [0, 0.1) is 5.92 Å². The zero-order chi connectivity index (χ0) is 16.4. The summed E-state index contributed by atoms with van der Waals surface area (Å²) in [6, 6.07) is 0.615. The number of hydrogen-bond acceptors (Lipinski definition) is 3. The summed E-state index contributed by atoms with van der Waals surface area (Å²) < 4.78 is 6.32. The summed E-state index contributed by atoms with van der Waals surface area (Å²) in [5, 5.41) is 3.69. The van der Waals surface area contributed by atoms with E-state index in [1.54, 1.807) is 0 Å². The van der Waals surface area contributed by atoms with E-state index in [9.17, 15) is 4.79 Å². The Morgan fingerprint density at radius 1 is 1.32 bits per heavy atom. The van der Waals surface area contributed by atoms with Gasteiger partial charge in [-0.3, -0.25) is 4.79 Å². The molecule has 0 bridgehead atoms. The summed E-state index contributed by atoms with van der Waals surface area (Å²) in [7, 11) is 0. The van der Waals surface area contributed by atoms with Crippen molar-refractivity contribution < 1.29 is 9.53 Å². The van der Waals surface area contributed by atoms with Crippen LogP contribution in [-0.4, -0.2) is 47.7 Å². The van der Waals surface area contributed by atoms with Gasteiger partial charge < -0.3 is 15.0 Å². The summed E-state index contributed by atoms with van der Waals surface area (Å²) in [4.78, 5) is 14.3. The molecule has 0 unspecified atom stereocenters. The summed E-state index contributed by atoms with van der Waals surface area (Å²) in [6.07, 6.45) is 5.65. The molecule has 4 heteroatoms. The monoisotopic (exact) mass is 310 g/mol. The van der Waals surface area contributed by atoms with Crippen LogP contribution in [0.5, 0.6) is 0 Å². The number of carbonyl (C=O) groups is 1. The molecule has 0 aromatic rings. The van der Waals surface area contributed by atoms with E-state index >= 15 is 0 Å². The lowest BCUT2D eigenvalue weighted by Gasteiger charge is -2.51. The highest BCUT2D eigenvalue weighted by Gasteiger charge is 2.50. The quantitative estimate of drug-likeness (QED) is 0.849. The number of carbonyl (C=O) groups excluding carboxylic acids is 1. The Bertz CT molecular complexity index is 385. The smallest absolute Gasteiger partial charge is 0.254 e. The van der Waals surface area contributed by atoms with Crippen molar-refractivity contribution in [2.45, 2.75) is 84.0 Å². The molecule has 2 rings (SSSR count). The van der Waals surface area contributed by atoms with Crippen molar-refractivity contribution in [3.63, 3.8) is 0 Å². The maximum Gasteiger partial charge on any atom is 0.254 e. The molecule has 1 heterocycles. The van der Waals surface area contributed by atoms with Gasteiger partial charge in [0.2, 0.25) is 0 Å². The molecule has 1 N–H and O–H groups in total. The molecule has 0 aromatic heterocycles. The van der Waals surface area contributed by atoms with E-state index in [4.69, 9.17) is 4.74 Å². The third-order valence-electron chi connectivity index (χ3n) is 5.19. The van der Waals surface area contributed by atoms with Gasteiger partial charge in [-0.15, -0.1) is 0 Å². The van der Waals surface area contributed by atoms with Gasteiger partial charge in [-0.05, 0) is 65.3 Å². The molecule has 2 aliphatic rings. The number of nitrogens with one attached hydrogen (secondary N) is 1. The van der Waals surface area contributed by atoms with Crippen LogP contribution in [0.3, 0.4) is 0 Å². The van der Waals surface area contributed by atoms with E-state index in [1.807, 2.05) is 18.7 Å². The Labute approximate surface area is 136 Å². The van der Waals surface area contributed by atoms with Crippen LogP contribution in [0.1, 0.15) is 66.7 Å². The van der Waals surface area contributed by atoms with Crippen molar-refractivity contribution in [1.82, 2.24) is 10.2 Å². The van der Waals surface area contributed by atoms with E-state index in [0.717, 1.165) is 51.2 Å². The molecule has 0 atom stereocenters. The predicted molar refractivity (Wildman–Crippen MR) is 89.9 cm³/mol. The van der Waals surface area contributed by atoms with E-state index < -0.39 is 5.60 Å². The summed E-state index contributed by atoms with van der Waals surface area (Å²) in [6.45, 7) is 13.1. The average Bonchev–Trinajstić information content (AvgIpc) is 2.44. The first-order chi connectivity index (χ1) is 10.3. The Balaban J connectivity index is 1.90. The molecule has 1 amide bonds. The van der Waals surface area contributed by atoms with Crippen LogP contribution in [0.15, 0.2) is 0 Å². The van der Waals surface area contributed by atoms with Gasteiger partial charge in [0.15, 0.2) is 0 Å². The lowest BCUT2D eigenvalue weighted by atomic mass is 9.79. The highest BCUT2D eigenvalue weighted by atomic mass is 16.5. The lowest BCUT2D eigenvalue weighted by Crippen LogP contribution is -2.64. The molecule has 1 saturated carbocycles. The van der Waals surface area contributed by atoms with Crippen LogP contribution < -0.4 is 5.32 Å². The Hall–Kier alpha value is -0.610. The van der Waals surface area contributed by atoms with Crippen molar-refractivity contribution in [1.29, 1.82) is 0 Å². The fourth-order valence-corrected chi connectivity index (χ4v) is 3.86. The van der Waals surface area contributed by atoms with Gasteiger partial charge >= 0.3 is 0 Å². The minimum atomic E-state index is -0.674. The van der Waals surface area contributed by atoms with Crippen molar-refractivity contribution in [2.24, 2.45) is 5.92 Å². The van der Waals surface area contributed by atoms with Crippen LogP contribution in [0.4, 0.5) is 0 Å². The van der Waals surface area contributed by atoms with Crippen molar-refractivity contribution in [3.8, 4) is 0 Å². The topological polar surface area (TPSA) is 41.6 Å². The molecule has 0 radical (unpaired) electrons. The van der Waals surface area contributed by atoms with Crippen LogP contribution in [0.2, 0.25) is 0 Å². The molecule has 1 aliphatic carbocycles. The standard InChI is InChI=1S/C18H34N2O2/c1-6-20-13-18(22-17(4,5)16(20)21)10-7-15(8-11-18)19-12-9-14(2)3/h14-15,19H,6-13H2,1-5H3. The normalized spacial score (nSPS) is 32.0. The second kappa shape index (κ2) is 6.88. The number of rotatable bonds is 5. The van der Waals surface area contributed by atoms with Gasteiger partial charge in [-0.1, -0.05) is 13.8 Å². The second-order valence-electron chi connectivity index (χ2n) is 8.03. The zero-order valence-corrected chi connectivity index (χ0v) is 15.1. The van der Waals surface area contributed by atoms with Crippen molar-refractivity contribution >= 4 is 5.91 Å². The van der Waals surface area contributed by atoms with E-state index in [-0.39, 0.29) is 11.5 Å². The number of nitrogens with zero attached hydrogens (tertiary/aromatic N) is 1. The predicted octanol–water partition coefficient (Wildman–Crippen LogP) is 2.96. The van der Waals surface area contributed by atoms with Crippen LogP contribution in [-0.2, 0) is 9.53 Å². The van der Waals surface area contributed by atoms with Crippen LogP contribution >= 0.6 is 0 Å². The number of amides is 1. The molecular formula is C18H34N2O2. The fraction of sp³-hybridized carbons (Fsp3) is 0.944. The Kier molecular flexibility index (Phi) is 5.54. The molecule has 22 heavy (non-hydrogen) atoms. The van der Waals surface area contributed by atoms with Gasteiger partial charge in [0.05, 0.1) is 5.60 Å². The first-order valence-corrected chi connectivity index (χ1v) is 9.01. The summed E-state index contributed by atoms with van der Waals surface area (Å²) in [5.74, 6) is 0.895. The number of ether oxygens (including phenoxy) is 1. The molecule has 4 nitrogen and oxygen atoms in total. The van der Waals surface area contributed by atoms with Gasteiger partial charge in [-0.25, -0.2) is 0 Å². The van der Waals surface area contributed by atoms with E-state index in [2.05, 4.69) is 26.1 Å². The molecule has 0 aromatic carbocycles. The minimum Gasteiger partial charge on any atom is -0.357 e. The van der Waals surface area contributed by atoms with Gasteiger partial charge in [-0.2, -0.15) is 0 Å². The maximum atomic E-state index is 12.4. The van der Waals surface area contributed by atoms with Gasteiger partial charge in [0.25, 0.3) is 5.91 Å². The van der Waals surface area contributed by atoms with Gasteiger partial charge in [0.1, 0.15) is 5.60 Å². The van der Waals surface area contributed by atoms with E-state index in [0.29, 0.717) is 6.04 Å². The number of morpholine rings is 1. The second-order valence-corrected chi connectivity index (χ2v) is 8.03. The molecule has 1 saturated heterocycles. The number of likely N-dealkylation sites (N-methyl/N-ethyl adjacent to an activating group) is 1. The lowest BCUT2D eigenvalue weighted by molar-refractivity contribution is -0.214. The Morgan fingerprint density at radius 2 is 1.95 bits per heavy atom. The number of hydrogen-bond donors (Lipinski definition) is 1. The molecule has 1 aliphatic heterocycles.